The van der Waals surface area contributed by atoms with E-state index < -0.39 is 0 Å². The first-order valence-corrected chi connectivity index (χ1v) is 6.73. The lowest BCUT2D eigenvalue weighted by molar-refractivity contribution is 0.195. The maximum Gasteiger partial charge on any atom is 0.139 e. The molecule has 1 heterocycles. The van der Waals surface area contributed by atoms with Crippen LogP contribution in [0.2, 0.25) is 10.0 Å². The second kappa shape index (κ2) is 6.42. The van der Waals surface area contributed by atoms with E-state index in [0.717, 1.165) is 23.9 Å². The molecule has 0 aliphatic rings. The molecule has 0 aliphatic heterocycles. The molecule has 1 aromatic heterocycles. The Bertz CT molecular complexity index is 587. The lowest BCUT2D eigenvalue weighted by Gasteiger charge is -2.09. The molecule has 3 nitrogen and oxygen atoms in total. The van der Waals surface area contributed by atoms with Crippen molar-refractivity contribution in [2.45, 2.75) is 12.8 Å². The maximum absolute atomic E-state index is 6.28. The molecule has 5 heteroatoms. The molecule has 0 bridgehead atoms. The number of aryl methyl sites for hydroxylation is 1. The fourth-order valence-electron chi connectivity index (χ4n) is 1.93. The standard InChI is InChI=1S/C14H15Cl2NO2/c1-18-7-3-4-9-8-11(15)10-5-6-12(19-2)13(16)14(10)17-9/h5-6,8H,3-4,7H2,1-2H3. The van der Waals surface area contributed by atoms with Crippen molar-refractivity contribution in [1.82, 2.24) is 4.98 Å². The van der Waals surface area contributed by atoms with E-state index in [-0.39, 0.29) is 0 Å². The summed E-state index contributed by atoms with van der Waals surface area (Å²) in [5, 5.41) is 1.99. The summed E-state index contributed by atoms with van der Waals surface area (Å²) in [7, 11) is 3.26. The summed E-state index contributed by atoms with van der Waals surface area (Å²) >= 11 is 12.5. The molecule has 19 heavy (non-hydrogen) atoms. The van der Waals surface area contributed by atoms with Gasteiger partial charge in [-0.3, -0.25) is 4.98 Å². The molecule has 0 saturated carbocycles. The summed E-state index contributed by atoms with van der Waals surface area (Å²) in [5.74, 6) is 0.603. The van der Waals surface area contributed by atoms with Gasteiger partial charge in [0.15, 0.2) is 0 Å². The number of halogens is 2. The summed E-state index contributed by atoms with van der Waals surface area (Å²) in [6, 6.07) is 5.54. The van der Waals surface area contributed by atoms with Crippen LogP contribution >= 0.6 is 23.2 Å². The first-order valence-electron chi connectivity index (χ1n) is 5.98. The van der Waals surface area contributed by atoms with Crippen molar-refractivity contribution < 1.29 is 9.47 Å². The molecule has 0 N–H and O–H groups in total. The van der Waals surface area contributed by atoms with Crippen LogP contribution in [0, 0.1) is 0 Å². The largest absolute Gasteiger partial charge is 0.495 e. The Balaban J connectivity index is 2.44. The van der Waals surface area contributed by atoms with Crippen molar-refractivity contribution in [3.05, 3.63) is 33.9 Å². The van der Waals surface area contributed by atoms with Gasteiger partial charge in [0, 0.05) is 24.8 Å². The summed E-state index contributed by atoms with van der Waals surface area (Å²) in [6.07, 6.45) is 1.70. The highest BCUT2D eigenvalue weighted by atomic mass is 35.5. The third-order valence-corrected chi connectivity index (χ3v) is 3.57. The number of hydrogen-bond acceptors (Lipinski definition) is 3. The second-order valence-electron chi connectivity index (χ2n) is 4.17. The van der Waals surface area contributed by atoms with Gasteiger partial charge in [-0.25, -0.2) is 0 Å². The van der Waals surface area contributed by atoms with E-state index in [9.17, 15) is 0 Å². The number of pyridine rings is 1. The number of rotatable bonds is 5. The van der Waals surface area contributed by atoms with Crippen LogP contribution in [0.25, 0.3) is 10.9 Å². The summed E-state index contributed by atoms with van der Waals surface area (Å²) in [5.41, 5.74) is 1.59. The van der Waals surface area contributed by atoms with Gasteiger partial charge in [0.05, 0.1) is 17.6 Å². The maximum atomic E-state index is 6.28. The smallest absolute Gasteiger partial charge is 0.139 e. The zero-order chi connectivity index (χ0) is 13.8. The van der Waals surface area contributed by atoms with Crippen LogP contribution in [0.1, 0.15) is 12.1 Å². The van der Waals surface area contributed by atoms with Gasteiger partial charge in [-0.1, -0.05) is 23.2 Å². The lowest BCUT2D eigenvalue weighted by Crippen LogP contribution is -1.97. The van der Waals surface area contributed by atoms with Crippen LogP contribution in [-0.4, -0.2) is 25.8 Å². The SMILES string of the molecule is COCCCc1cc(Cl)c2ccc(OC)c(Cl)c2n1. The molecule has 0 unspecified atom stereocenters. The van der Waals surface area contributed by atoms with E-state index in [1.54, 1.807) is 20.3 Å². The van der Waals surface area contributed by atoms with Gasteiger partial charge in [-0.2, -0.15) is 0 Å². The predicted octanol–water partition coefficient (Wildman–Crippen LogP) is 4.13. The lowest BCUT2D eigenvalue weighted by atomic mass is 10.1. The Labute approximate surface area is 122 Å². The molecule has 0 aliphatic carbocycles. The molecule has 0 saturated heterocycles. The molecule has 2 aromatic rings. The molecule has 1 aromatic carbocycles. The normalized spacial score (nSPS) is 10.9. The molecular weight excluding hydrogens is 285 g/mol. The Morgan fingerprint density at radius 3 is 2.68 bits per heavy atom. The van der Waals surface area contributed by atoms with E-state index in [1.165, 1.54) is 0 Å². The van der Waals surface area contributed by atoms with E-state index in [2.05, 4.69) is 4.98 Å². The Morgan fingerprint density at radius 2 is 2.00 bits per heavy atom. The van der Waals surface area contributed by atoms with Crippen molar-refractivity contribution >= 4 is 34.1 Å². The fourth-order valence-corrected chi connectivity index (χ4v) is 2.49. The molecule has 0 fully saturated rings. The minimum atomic E-state index is 0.496. The molecule has 0 atom stereocenters. The number of benzene rings is 1. The van der Waals surface area contributed by atoms with Crippen LogP contribution in [0.4, 0.5) is 0 Å². The number of fused-ring (bicyclic) bond motifs is 1. The van der Waals surface area contributed by atoms with Crippen molar-refractivity contribution in [3.8, 4) is 5.75 Å². The quantitative estimate of drug-likeness (QED) is 0.778. The summed E-state index contributed by atoms with van der Waals surface area (Å²) in [6.45, 7) is 0.698. The van der Waals surface area contributed by atoms with Crippen LogP contribution in [0.15, 0.2) is 18.2 Å². The molecular formula is C14H15Cl2NO2. The first kappa shape index (κ1) is 14.4. The van der Waals surface area contributed by atoms with Crippen molar-refractivity contribution in [2.24, 2.45) is 0 Å². The van der Waals surface area contributed by atoms with Crippen molar-refractivity contribution in [3.63, 3.8) is 0 Å². The average Bonchev–Trinajstić information content (AvgIpc) is 2.40. The zero-order valence-corrected chi connectivity index (χ0v) is 12.4. The molecule has 2 rings (SSSR count). The van der Waals surface area contributed by atoms with Crippen LogP contribution < -0.4 is 4.74 Å². The van der Waals surface area contributed by atoms with Gasteiger partial charge in [0.2, 0.25) is 0 Å². The third kappa shape index (κ3) is 3.11. The van der Waals surface area contributed by atoms with Gasteiger partial charge >= 0.3 is 0 Å². The summed E-state index contributed by atoms with van der Waals surface area (Å²) in [4.78, 5) is 4.56. The van der Waals surface area contributed by atoms with Crippen molar-refractivity contribution in [1.29, 1.82) is 0 Å². The molecule has 102 valence electrons. The van der Waals surface area contributed by atoms with Crippen LogP contribution in [0.5, 0.6) is 5.75 Å². The Hall–Kier alpha value is -1.03. The highest BCUT2D eigenvalue weighted by Crippen LogP contribution is 2.35. The molecule has 0 radical (unpaired) electrons. The van der Waals surface area contributed by atoms with Crippen LogP contribution in [-0.2, 0) is 11.2 Å². The van der Waals surface area contributed by atoms with Gasteiger partial charge in [-0.15, -0.1) is 0 Å². The highest BCUT2D eigenvalue weighted by molar-refractivity contribution is 6.40. The zero-order valence-electron chi connectivity index (χ0n) is 10.9. The van der Waals surface area contributed by atoms with E-state index in [4.69, 9.17) is 32.7 Å². The van der Waals surface area contributed by atoms with E-state index >= 15 is 0 Å². The third-order valence-electron chi connectivity index (χ3n) is 2.89. The van der Waals surface area contributed by atoms with Gasteiger partial charge in [0.1, 0.15) is 10.8 Å². The van der Waals surface area contributed by atoms with Crippen LogP contribution in [0.3, 0.4) is 0 Å². The van der Waals surface area contributed by atoms with Crippen molar-refractivity contribution in [2.75, 3.05) is 20.8 Å². The topological polar surface area (TPSA) is 31.4 Å². The molecule has 0 spiro atoms. The monoisotopic (exact) mass is 299 g/mol. The second-order valence-corrected chi connectivity index (χ2v) is 4.95. The minimum absolute atomic E-state index is 0.496. The number of hydrogen-bond donors (Lipinski definition) is 0. The highest BCUT2D eigenvalue weighted by Gasteiger charge is 2.11. The average molecular weight is 300 g/mol. The molecule has 0 amide bonds. The first-order chi connectivity index (χ1) is 9.17. The van der Waals surface area contributed by atoms with E-state index in [0.29, 0.717) is 27.9 Å². The Kier molecular flexibility index (Phi) is 4.86. The number of nitrogens with zero attached hydrogens (tertiary/aromatic N) is 1. The Morgan fingerprint density at radius 1 is 1.21 bits per heavy atom. The van der Waals surface area contributed by atoms with E-state index in [1.807, 2.05) is 12.1 Å². The van der Waals surface area contributed by atoms with Gasteiger partial charge < -0.3 is 9.47 Å². The van der Waals surface area contributed by atoms with Gasteiger partial charge in [0.25, 0.3) is 0 Å². The minimum Gasteiger partial charge on any atom is -0.495 e. The van der Waals surface area contributed by atoms with Gasteiger partial charge in [-0.05, 0) is 31.0 Å². The predicted molar refractivity (Wildman–Crippen MR) is 78.5 cm³/mol. The summed E-state index contributed by atoms with van der Waals surface area (Å²) < 4.78 is 10.2. The number of aromatic nitrogens is 1. The number of ether oxygens (including phenoxy) is 2. The fraction of sp³-hybridized carbons (Fsp3) is 0.357. The number of methoxy groups -OCH3 is 2.